The Morgan fingerprint density at radius 1 is 1.06 bits per heavy atom. The molecule has 176 valence electrons. The Labute approximate surface area is 199 Å². The zero-order chi connectivity index (χ0) is 22.2. The molecule has 2 aromatic heterocycles. The van der Waals surface area contributed by atoms with E-state index in [1.54, 1.807) is 18.4 Å². The molecule has 2 N–H and O–H groups in total. The highest BCUT2D eigenvalue weighted by molar-refractivity contribution is 7.99. The van der Waals surface area contributed by atoms with Crippen molar-refractivity contribution in [2.45, 2.75) is 57.0 Å². The van der Waals surface area contributed by atoms with Gasteiger partial charge in [-0.2, -0.15) is 11.8 Å². The van der Waals surface area contributed by atoms with Crippen molar-refractivity contribution in [3.8, 4) is 0 Å². The minimum Gasteiger partial charge on any atom is -0.374 e. The van der Waals surface area contributed by atoms with E-state index in [4.69, 9.17) is 14.2 Å². The van der Waals surface area contributed by atoms with E-state index in [1.165, 1.54) is 11.3 Å². The van der Waals surface area contributed by atoms with Crippen LogP contribution in [0.4, 0.5) is 10.3 Å². The molecule has 3 atom stereocenters. The highest BCUT2D eigenvalue weighted by Crippen LogP contribution is 2.23. The van der Waals surface area contributed by atoms with Gasteiger partial charge in [0.15, 0.2) is 6.23 Å². The van der Waals surface area contributed by atoms with Crippen LogP contribution in [0.2, 0.25) is 0 Å². The second kappa shape index (κ2) is 12.2. The number of methoxy groups -OCH3 is 1. The molecule has 4 heterocycles. The number of aromatic nitrogens is 4. The van der Waals surface area contributed by atoms with E-state index in [0.29, 0.717) is 11.7 Å². The first kappa shape index (κ1) is 23.8. The van der Waals surface area contributed by atoms with Gasteiger partial charge in [0.2, 0.25) is 10.3 Å². The number of hydrogen-bond donors (Lipinski definition) is 2. The van der Waals surface area contributed by atoms with Crippen molar-refractivity contribution in [1.82, 2.24) is 20.4 Å². The number of aryl methyl sites for hydroxylation is 2. The Kier molecular flexibility index (Phi) is 9.05. The van der Waals surface area contributed by atoms with E-state index in [2.05, 4.69) is 31.0 Å². The number of hydrogen-bond acceptors (Lipinski definition) is 12. The van der Waals surface area contributed by atoms with Gasteiger partial charge in [0.05, 0.1) is 0 Å². The zero-order valence-corrected chi connectivity index (χ0v) is 20.4. The summed E-state index contributed by atoms with van der Waals surface area (Å²) in [7, 11) is 1.68. The summed E-state index contributed by atoms with van der Waals surface area (Å²) < 4.78 is 16.6. The Balaban J connectivity index is 1.12. The molecule has 2 aliphatic rings. The first-order valence-corrected chi connectivity index (χ1v) is 13.6. The van der Waals surface area contributed by atoms with Gasteiger partial charge in [0.25, 0.3) is 5.91 Å². The van der Waals surface area contributed by atoms with E-state index >= 15 is 0 Å². The number of amides is 1. The number of thioether (sulfide) groups is 1. The summed E-state index contributed by atoms with van der Waals surface area (Å²) in [5.74, 6) is 1.76. The average molecular weight is 501 g/mol. The largest absolute Gasteiger partial charge is 0.374 e. The molecule has 0 aromatic carbocycles. The normalized spacial score (nSPS) is 21.7. The SMILES string of the molecule is COC(Nc1nnc(CCSCCc2nnc(NC(=O)C3CCCO3)s2)s1)C1CCCO1. The maximum atomic E-state index is 12.1. The van der Waals surface area contributed by atoms with Crippen LogP contribution in [0.5, 0.6) is 0 Å². The summed E-state index contributed by atoms with van der Waals surface area (Å²) >= 11 is 4.82. The fourth-order valence-electron chi connectivity index (χ4n) is 3.48. The molecule has 0 radical (unpaired) electrons. The fraction of sp³-hybridized carbons (Fsp3) is 0.737. The molecule has 4 rings (SSSR count). The fourth-order valence-corrected chi connectivity index (χ4v) is 6.12. The number of nitrogens with one attached hydrogen (secondary N) is 2. The van der Waals surface area contributed by atoms with E-state index in [-0.39, 0.29) is 24.3 Å². The molecule has 32 heavy (non-hydrogen) atoms. The summed E-state index contributed by atoms with van der Waals surface area (Å²) in [5, 5.41) is 26.0. The van der Waals surface area contributed by atoms with Crippen LogP contribution < -0.4 is 10.6 Å². The molecular formula is C19H28N6O4S3. The molecule has 0 saturated carbocycles. The van der Waals surface area contributed by atoms with Crippen LogP contribution in [0.15, 0.2) is 0 Å². The molecule has 2 aromatic rings. The van der Waals surface area contributed by atoms with Gasteiger partial charge in [-0.15, -0.1) is 20.4 Å². The lowest BCUT2D eigenvalue weighted by atomic mass is 10.2. The van der Waals surface area contributed by atoms with Crippen LogP contribution in [-0.4, -0.2) is 76.6 Å². The van der Waals surface area contributed by atoms with E-state index < -0.39 is 0 Å². The Morgan fingerprint density at radius 2 is 1.75 bits per heavy atom. The maximum absolute atomic E-state index is 12.1. The number of anilines is 2. The van der Waals surface area contributed by atoms with Crippen molar-refractivity contribution in [1.29, 1.82) is 0 Å². The second-order valence-corrected chi connectivity index (χ2v) is 10.8. The van der Waals surface area contributed by atoms with Gasteiger partial charge in [-0.05, 0) is 37.2 Å². The second-order valence-electron chi connectivity index (χ2n) is 7.46. The smallest absolute Gasteiger partial charge is 0.255 e. The summed E-state index contributed by atoms with van der Waals surface area (Å²) in [4.78, 5) is 12.1. The third kappa shape index (κ3) is 6.81. The van der Waals surface area contributed by atoms with Crippen LogP contribution in [-0.2, 0) is 31.8 Å². The molecule has 0 bridgehead atoms. The topological polar surface area (TPSA) is 120 Å². The van der Waals surface area contributed by atoms with E-state index in [0.717, 1.165) is 71.8 Å². The lowest BCUT2D eigenvalue weighted by Gasteiger charge is -2.21. The minimum absolute atomic E-state index is 0.0631. The number of nitrogens with zero attached hydrogens (tertiary/aromatic N) is 4. The van der Waals surface area contributed by atoms with Crippen molar-refractivity contribution in [2.75, 3.05) is 42.5 Å². The molecule has 3 unspecified atom stereocenters. The number of carbonyl (C=O) groups is 1. The Morgan fingerprint density at radius 3 is 2.41 bits per heavy atom. The van der Waals surface area contributed by atoms with Gasteiger partial charge in [-0.3, -0.25) is 10.1 Å². The molecule has 1 amide bonds. The molecule has 2 aliphatic heterocycles. The number of rotatable bonds is 12. The Bertz CT molecular complexity index is 854. The Hall–Kier alpha value is -1.38. The summed E-state index contributed by atoms with van der Waals surface area (Å²) in [6.45, 7) is 1.43. The van der Waals surface area contributed by atoms with Crippen molar-refractivity contribution in [2.24, 2.45) is 0 Å². The van der Waals surface area contributed by atoms with Crippen LogP contribution in [0.3, 0.4) is 0 Å². The summed E-state index contributed by atoms with van der Waals surface area (Å²) in [6.07, 6.45) is 4.94. The maximum Gasteiger partial charge on any atom is 0.255 e. The molecule has 0 aliphatic carbocycles. The number of carbonyl (C=O) groups excluding carboxylic acids is 1. The third-order valence-corrected chi connectivity index (χ3v) is 7.93. The predicted molar refractivity (Wildman–Crippen MR) is 126 cm³/mol. The van der Waals surface area contributed by atoms with Crippen molar-refractivity contribution >= 4 is 50.6 Å². The molecular weight excluding hydrogens is 472 g/mol. The van der Waals surface area contributed by atoms with E-state index in [9.17, 15) is 4.79 Å². The van der Waals surface area contributed by atoms with Gasteiger partial charge in [-0.1, -0.05) is 22.7 Å². The van der Waals surface area contributed by atoms with Gasteiger partial charge in [0, 0.05) is 33.2 Å². The van der Waals surface area contributed by atoms with Crippen molar-refractivity contribution in [3.05, 3.63) is 10.0 Å². The van der Waals surface area contributed by atoms with E-state index in [1.807, 2.05) is 11.8 Å². The monoisotopic (exact) mass is 500 g/mol. The minimum atomic E-state index is -0.356. The first-order chi connectivity index (χ1) is 15.7. The van der Waals surface area contributed by atoms with Crippen LogP contribution in [0, 0.1) is 0 Å². The standard InChI is InChI=1S/C19H28N6O4S3/c1-27-17(13-5-3-9-29-13)21-19-25-23-15(32-19)7-11-30-10-6-14-22-24-18(31-14)20-16(26)12-4-2-8-28-12/h12-13,17H,2-11H2,1H3,(H,21,25)(H,20,24,26). The lowest BCUT2D eigenvalue weighted by molar-refractivity contribution is -0.124. The van der Waals surface area contributed by atoms with Crippen LogP contribution in [0.25, 0.3) is 0 Å². The molecule has 0 spiro atoms. The highest BCUT2D eigenvalue weighted by Gasteiger charge is 2.27. The molecule has 13 heteroatoms. The van der Waals surface area contributed by atoms with Gasteiger partial charge in [0.1, 0.15) is 22.2 Å². The third-order valence-electron chi connectivity index (χ3n) is 5.13. The first-order valence-electron chi connectivity index (χ1n) is 10.8. The zero-order valence-electron chi connectivity index (χ0n) is 17.9. The van der Waals surface area contributed by atoms with Crippen LogP contribution >= 0.6 is 34.4 Å². The predicted octanol–water partition coefficient (Wildman–Crippen LogP) is 2.59. The molecule has 10 nitrogen and oxygen atoms in total. The lowest BCUT2D eigenvalue weighted by Crippen LogP contribution is -2.34. The number of ether oxygens (including phenoxy) is 3. The van der Waals surface area contributed by atoms with Crippen molar-refractivity contribution in [3.63, 3.8) is 0 Å². The van der Waals surface area contributed by atoms with Gasteiger partial charge < -0.3 is 19.5 Å². The molecule has 2 fully saturated rings. The highest BCUT2D eigenvalue weighted by atomic mass is 32.2. The average Bonchev–Trinajstić information content (AvgIpc) is 3.60. The quantitative estimate of drug-likeness (QED) is 0.332. The van der Waals surface area contributed by atoms with Crippen LogP contribution in [0.1, 0.15) is 35.7 Å². The van der Waals surface area contributed by atoms with Crippen molar-refractivity contribution < 1.29 is 19.0 Å². The molecule has 2 saturated heterocycles. The van der Waals surface area contributed by atoms with Gasteiger partial charge >= 0.3 is 0 Å². The van der Waals surface area contributed by atoms with Gasteiger partial charge in [-0.25, -0.2) is 0 Å². The summed E-state index contributed by atoms with van der Waals surface area (Å²) in [5.41, 5.74) is 0. The summed E-state index contributed by atoms with van der Waals surface area (Å²) in [6, 6.07) is 0.